The minimum absolute atomic E-state index is 0.0378. The van der Waals surface area contributed by atoms with Crippen LogP contribution in [0, 0.1) is 0 Å². The number of carbonyl (C=O) groups excluding carboxylic acids is 1. The first-order valence-corrected chi connectivity index (χ1v) is 15.2. The Balaban J connectivity index is 1.53. The number of ether oxygens (including phenoxy) is 6. The first-order chi connectivity index (χ1) is 21.0. The third kappa shape index (κ3) is 8.21. The fraction of sp³-hybridized carbons (Fsp3) is 0.962. The van der Waals surface area contributed by atoms with Gasteiger partial charge >= 0.3 is 0 Å². The highest BCUT2D eigenvalue weighted by Gasteiger charge is 2.53. The van der Waals surface area contributed by atoms with Crippen molar-refractivity contribution in [2.24, 2.45) is 34.4 Å². The number of rotatable bonds is 12. The van der Waals surface area contributed by atoms with Crippen molar-refractivity contribution in [1.82, 2.24) is 5.32 Å². The van der Waals surface area contributed by atoms with Crippen molar-refractivity contribution < 1.29 is 53.6 Å². The van der Waals surface area contributed by atoms with Gasteiger partial charge in [0.15, 0.2) is 18.9 Å². The molecule has 0 aromatic rings. The van der Waals surface area contributed by atoms with Gasteiger partial charge in [-0.3, -0.25) is 4.79 Å². The molecule has 0 unspecified atom stereocenters. The largest absolute Gasteiger partial charge is 0.394 e. The van der Waals surface area contributed by atoms with E-state index >= 15 is 0 Å². The summed E-state index contributed by atoms with van der Waals surface area (Å²) < 4.78 is 36.0. The van der Waals surface area contributed by atoms with Gasteiger partial charge in [0.1, 0.15) is 42.7 Å². The number of carbonyl (C=O) groups is 1. The first-order valence-electron chi connectivity index (χ1n) is 15.2. The van der Waals surface area contributed by atoms with Crippen LogP contribution in [-0.4, -0.2) is 151 Å². The second kappa shape index (κ2) is 16.1. The van der Waals surface area contributed by atoms with E-state index in [1.807, 2.05) is 0 Å². The van der Waals surface area contributed by atoms with Crippen LogP contribution in [0.25, 0.3) is 0 Å². The van der Waals surface area contributed by atoms with E-state index in [1.54, 1.807) is 0 Å². The minimum atomic E-state index is -1.47. The number of hydrogen-bond acceptors (Lipinski definition) is 17. The van der Waals surface area contributed by atoms with Crippen LogP contribution in [0.4, 0.5) is 0 Å². The van der Waals surface area contributed by atoms with Crippen LogP contribution in [0.2, 0.25) is 0 Å². The number of aliphatic hydroxyl groups excluding tert-OH is 4. The SMILES string of the molecule is NC[C@@H]1CC[C@@H](N)[C@@H](O[C@H]2[C@H](O[C@@H]3O[C@H](CO)[C@@H](O[C@H]4O[C@@H](CN)CC[C@H]4N)[C@H]3O)[C@@H](O)[C@H](NC(=O)[C@@H](N)CO)C[C@@H]2N)O1. The van der Waals surface area contributed by atoms with E-state index < -0.39 is 105 Å². The fourth-order valence-electron chi connectivity index (χ4n) is 6.04. The summed E-state index contributed by atoms with van der Waals surface area (Å²) in [6.45, 7) is -0.650. The van der Waals surface area contributed by atoms with Gasteiger partial charge in [0, 0.05) is 19.1 Å². The van der Waals surface area contributed by atoms with Gasteiger partial charge in [-0.05, 0) is 32.1 Å². The molecule has 0 spiro atoms. The molecule has 18 nitrogen and oxygen atoms in total. The van der Waals surface area contributed by atoms with Crippen LogP contribution in [0.3, 0.4) is 0 Å². The Morgan fingerprint density at radius 3 is 1.84 bits per heavy atom. The van der Waals surface area contributed by atoms with Crippen LogP contribution in [0.5, 0.6) is 0 Å². The van der Waals surface area contributed by atoms with Gasteiger partial charge < -0.3 is 88.6 Å². The molecule has 0 radical (unpaired) electrons. The van der Waals surface area contributed by atoms with E-state index in [9.17, 15) is 25.2 Å². The molecule has 18 heteroatoms. The normalized spacial score (nSPS) is 45.6. The molecule has 0 bridgehead atoms. The van der Waals surface area contributed by atoms with Crippen molar-refractivity contribution in [2.45, 2.75) is 130 Å². The minimum Gasteiger partial charge on any atom is -0.394 e. The number of aliphatic hydroxyl groups is 4. The van der Waals surface area contributed by atoms with Gasteiger partial charge in [-0.1, -0.05) is 0 Å². The zero-order valence-corrected chi connectivity index (χ0v) is 24.7. The van der Waals surface area contributed by atoms with Crippen molar-refractivity contribution in [3.05, 3.63) is 0 Å². The maximum atomic E-state index is 12.5. The monoisotopic (exact) mass is 637 g/mol. The molecule has 1 saturated carbocycles. The highest BCUT2D eigenvalue weighted by atomic mass is 16.8. The number of amides is 1. The number of hydrogen-bond donors (Lipinski definition) is 11. The number of nitrogens with two attached hydrogens (primary N) is 6. The Kier molecular flexibility index (Phi) is 13.0. The predicted octanol–water partition coefficient (Wildman–Crippen LogP) is -6.30. The van der Waals surface area contributed by atoms with Crippen LogP contribution < -0.4 is 39.7 Å². The molecule has 0 aromatic heterocycles. The van der Waals surface area contributed by atoms with Gasteiger partial charge in [-0.2, -0.15) is 0 Å². The molecule has 1 aliphatic carbocycles. The van der Waals surface area contributed by atoms with E-state index in [0.717, 1.165) is 0 Å². The molecular formula is C26H51N7O11. The smallest absolute Gasteiger partial charge is 0.239 e. The summed E-state index contributed by atoms with van der Waals surface area (Å²) in [5, 5.41) is 44.7. The van der Waals surface area contributed by atoms with Crippen LogP contribution in [0.1, 0.15) is 32.1 Å². The molecule has 1 amide bonds. The van der Waals surface area contributed by atoms with Crippen LogP contribution in [0.15, 0.2) is 0 Å². The summed E-state index contributed by atoms with van der Waals surface area (Å²) in [5.74, 6) is -0.712. The summed E-state index contributed by atoms with van der Waals surface area (Å²) in [6, 6.07) is -4.08. The average Bonchev–Trinajstić information content (AvgIpc) is 3.31. The third-order valence-electron chi connectivity index (χ3n) is 8.75. The summed E-state index contributed by atoms with van der Waals surface area (Å²) in [6.07, 6.45) is -8.86. The quantitative estimate of drug-likeness (QED) is 0.0947. The number of nitrogens with one attached hydrogen (secondary N) is 1. The molecule has 256 valence electrons. The van der Waals surface area contributed by atoms with Gasteiger partial charge in [0.2, 0.25) is 5.91 Å². The molecule has 3 aliphatic heterocycles. The lowest BCUT2D eigenvalue weighted by Crippen LogP contribution is -2.67. The molecule has 17 N–H and O–H groups in total. The summed E-state index contributed by atoms with van der Waals surface area (Å²) in [7, 11) is 0. The predicted molar refractivity (Wildman–Crippen MR) is 152 cm³/mol. The molecule has 4 aliphatic rings. The topological polar surface area (TPSA) is 322 Å². The van der Waals surface area contributed by atoms with Gasteiger partial charge in [-0.15, -0.1) is 0 Å². The Hall–Kier alpha value is -1.17. The molecule has 4 fully saturated rings. The lowest BCUT2D eigenvalue weighted by atomic mass is 9.83. The highest BCUT2D eigenvalue weighted by molar-refractivity contribution is 5.82. The molecule has 3 saturated heterocycles. The zero-order valence-electron chi connectivity index (χ0n) is 24.7. The maximum absolute atomic E-state index is 12.5. The van der Waals surface area contributed by atoms with Crippen LogP contribution >= 0.6 is 0 Å². The molecule has 44 heavy (non-hydrogen) atoms. The fourth-order valence-corrected chi connectivity index (χ4v) is 6.04. The first kappa shape index (κ1) is 35.7. The lowest BCUT2D eigenvalue weighted by Gasteiger charge is -2.46. The van der Waals surface area contributed by atoms with Crippen LogP contribution in [-0.2, 0) is 33.2 Å². The molecule has 3 heterocycles. The van der Waals surface area contributed by atoms with E-state index in [1.165, 1.54) is 0 Å². The Labute approximate surface area is 255 Å². The van der Waals surface area contributed by atoms with Crippen molar-refractivity contribution in [1.29, 1.82) is 0 Å². The van der Waals surface area contributed by atoms with Gasteiger partial charge in [0.05, 0.1) is 43.5 Å². The summed E-state index contributed by atoms with van der Waals surface area (Å²) in [4.78, 5) is 12.5. The average molecular weight is 638 g/mol. The standard InChI is InChI=1S/C26H51N7O11/c27-6-10-1-3-12(29)24(39-10)42-20-14(31)5-16(33-23(38)15(32)8-34)18(36)22(20)44-26-19(37)21(17(9-35)41-26)43-25-13(30)4-2-11(7-28)40-25/h10-22,24-26,34-37H,1-9,27-32H2,(H,33,38)/t10-,11+,12+,13+,14-,15-,16+,17+,18-,19+,20+,21+,22+,24+,25+,26-/m0/s1. The van der Waals surface area contributed by atoms with Crippen molar-refractivity contribution in [2.75, 3.05) is 26.3 Å². The highest BCUT2D eigenvalue weighted by Crippen LogP contribution is 2.34. The molecule has 0 aromatic carbocycles. The van der Waals surface area contributed by atoms with E-state index in [2.05, 4.69) is 5.32 Å². The van der Waals surface area contributed by atoms with Gasteiger partial charge in [0.25, 0.3) is 0 Å². The summed E-state index contributed by atoms with van der Waals surface area (Å²) >= 11 is 0. The second-order valence-electron chi connectivity index (χ2n) is 12.0. The molecular weight excluding hydrogens is 586 g/mol. The van der Waals surface area contributed by atoms with E-state index in [4.69, 9.17) is 62.8 Å². The Morgan fingerprint density at radius 1 is 0.773 bits per heavy atom. The maximum Gasteiger partial charge on any atom is 0.239 e. The van der Waals surface area contributed by atoms with E-state index in [0.29, 0.717) is 25.7 Å². The lowest BCUT2D eigenvalue weighted by molar-refractivity contribution is -0.288. The van der Waals surface area contributed by atoms with Crippen molar-refractivity contribution >= 4 is 5.91 Å². The summed E-state index contributed by atoms with van der Waals surface area (Å²) in [5.41, 5.74) is 36.2. The second-order valence-corrected chi connectivity index (χ2v) is 12.0. The molecule has 16 atom stereocenters. The molecule has 4 rings (SSSR count). The van der Waals surface area contributed by atoms with E-state index in [-0.39, 0.29) is 31.7 Å². The Bertz CT molecular complexity index is 914. The van der Waals surface area contributed by atoms with Crippen molar-refractivity contribution in [3.63, 3.8) is 0 Å². The van der Waals surface area contributed by atoms with Crippen molar-refractivity contribution in [3.8, 4) is 0 Å². The zero-order chi connectivity index (χ0) is 32.1. The third-order valence-corrected chi connectivity index (χ3v) is 8.75. The Morgan fingerprint density at radius 2 is 1.32 bits per heavy atom. The van der Waals surface area contributed by atoms with Gasteiger partial charge in [-0.25, -0.2) is 0 Å².